The number of carbonyl (C=O) groups is 2. The molecule has 3 aromatic rings. The number of aromatic nitrogens is 1. The average molecular weight is 389 g/mol. The van der Waals surface area contributed by atoms with E-state index in [0.29, 0.717) is 17.1 Å². The van der Waals surface area contributed by atoms with Gasteiger partial charge in [0.05, 0.1) is 12.2 Å². The van der Waals surface area contributed by atoms with Crippen LogP contribution in [0.4, 0.5) is 5.69 Å². The van der Waals surface area contributed by atoms with Crippen LogP contribution in [-0.2, 0) is 4.79 Å². The monoisotopic (exact) mass is 389 g/mol. The normalized spacial score (nSPS) is 19.0. The standard InChI is InChI=1S/C23H23N3O3/c27-22(18-14-16-8-2-3-9-17(16)24-18)26-15-21(23(28)25-12-6-1-7-13-25)29-20-11-5-4-10-19(20)26/h2-5,8-11,14,21,24H,1,6-7,12-13,15H2/t21-/m0/s1. The van der Waals surface area contributed by atoms with Gasteiger partial charge in [-0.15, -0.1) is 0 Å². The Balaban J connectivity index is 1.47. The fourth-order valence-corrected chi connectivity index (χ4v) is 4.21. The molecule has 1 atom stereocenters. The lowest BCUT2D eigenvalue weighted by molar-refractivity contribution is -0.139. The van der Waals surface area contributed by atoms with Crippen LogP contribution in [0.5, 0.6) is 5.75 Å². The van der Waals surface area contributed by atoms with Crippen molar-refractivity contribution in [3.05, 3.63) is 60.3 Å². The van der Waals surface area contributed by atoms with E-state index in [0.717, 1.165) is 43.3 Å². The first-order valence-corrected chi connectivity index (χ1v) is 10.1. The van der Waals surface area contributed by atoms with Gasteiger partial charge in [0, 0.05) is 24.0 Å². The lowest BCUT2D eigenvalue weighted by atomic mass is 10.1. The Morgan fingerprint density at radius 2 is 1.72 bits per heavy atom. The fourth-order valence-electron chi connectivity index (χ4n) is 4.21. The maximum absolute atomic E-state index is 13.4. The number of likely N-dealkylation sites (tertiary alicyclic amines) is 1. The zero-order valence-electron chi connectivity index (χ0n) is 16.1. The molecule has 3 heterocycles. The van der Waals surface area contributed by atoms with E-state index in [1.807, 2.05) is 59.5 Å². The molecule has 0 saturated carbocycles. The fraction of sp³-hybridized carbons (Fsp3) is 0.304. The molecule has 2 amide bonds. The van der Waals surface area contributed by atoms with Crippen LogP contribution in [-0.4, -0.2) is 47.4 Å². The number of fused-ring (bicyclic) bond motifs is 2. The smallest absolute Gasteiger partial charge is 0.274 e. The Labute approximate surface area is 169 Å². The molecule has 0 radical (unpaired) electrons. The molecule has 0 spiro atoms. The predicted molar refractivity (Wildman–Crippen MR) is 111 cm³/mol. The number of nitrogens with one attached hydrogen (secondary N) is 1. The quantitative estimate of drug-likeness (QED) is 0.728. The number of aromatic amines is 1. The molecule has 5 rings (SSSR count). The van der Waals surface area contributed by atoms with Gasteiger partial charge in [0.25, 0.3) is 11.8 Å². The number of hydrogen-bond donors (Lipinski definition) is 1. The largest absolute Gasteiger partial charge is 0.476 e. The van der Waals surface area contributed by atoms with E-state index in [-0.39, 0.29) is 18.4 Å². The maximum Gasteiger partial charge on any atom is 0.274 e. The summed E-state index contributed by atoms with van der Waals surface area (Å²) in [5, 5.41) is 0.985. The summed E-state index contributed by atoms with van der Waals surface area (Å²) in [6.45, 7) is 1.73. The summed E-state index contributed by atoms with van der Waals surface area (Å²) in [4.78, 5) is 33.2. The molecule has 1 N–H and O–H groups in total. The lowest BCUT2D eigenvalue weighted by Gasteiger charge is -2.37. The summed E-state index contributed by atoms with van der Waals surface area (Å²) >= 11 is 0. The van der Waals surface area contributed by atoms with Gasteiger partial charge in [-0.2, -0.15) is 0 Å². The van der Waals surface area contributed by atoms with Gasteiger partial charge >= 0.3 is 0 Å². The van der Waals surface area contributed by atoms with Crippen molar-refractivity contribution in [3.63, 3.8) is 0 Å². The van der Waals surface area contributed by atoms with Crippen LogP contribution in [0.25, 0.3) is 10.9 Å². The van der Waals surface area contributed by atoms with Crippen LogP contribution < -0.4 is 9.64 Å². The Bertz CT molecular complexity index is 1030. The highest BCUT2D eigenvalue weighted by Crippen LogP contribution is 2.35. The minimum absolute atomic E-state index is 0.0337. The van der Waals surface area contributed by atoms with E-state index in [4.69, 9.17) is 4.74 Å². The van der Waals surface area contributed by atoms with E-state index in [1.165, 1.54) is 0 Å². The second-order valence-electron chi connectivity index (χ2n) is 7.65. The Morgan fingerprint density at radius 1 is 0.966 bits per heavy atom. The molecule has 1 aromatic heterocycles. The molecule has 2 aliphatic rings. The topological polar surface area (TPSA) is 65.6 Å². The van der Waals surface area contributed by atoms with Crippen LogP contribution in [0, 0.1) is 0 Å². The number of ether oxygens (including phenoxy) is 1. The number of H-pyrrole nitrogens is 1. The van der Waals surface area contributed by atoms with Gasteiger partial charge < -0.3 is 14.6 Å². The van der Waals surface area contributed by atoms with Crippen LogP contribution >= 0.6 is 0 Å². The molecule has 1 saturated heterocycles. The number of para-hydroxylation sites is 3. The molecule has 0 unspecified atom stereocenters. The molecular weight excluding hydrogens is 366 g/mol. The summed E-state index contributed by atoms with van der Waals surface area (Å²) in [6, 6.07) is 17.1. The first kappa shape index (κ1) is 17.8. The molecule has 0 bridgehead atoms. The van der Waals surface area contributed by atoms with Crippen molar-refractivity contribution in [1.82, 2.24) is 9.88 Å². The van der Waals surface area contributed by atoms with Gasteiger partial charge in [0.15, 0.2) is 6.10 Å². The number of nitrogens with zero attached hydrogens (tertiary/aromatic N) is 2. The van der Waals surface area contributed by atoms with Crippen molar-refractivity contribution in [1.29, 1.82) is 0 Å². The summed E-state index contributed by atoms with van der Waals surface area (Å²) in [5.74, 6) is 0.376. The third kappa shape index (κ3) is 3.24. The SMILES string of the molecule is O=C([C@@H]1CN(C(=O)c2cc3ccccc3[nH]2)c2ccccc2O1)N1CCCCC1. The first-order chi connectivity index (χ1) is 14.2. The van der Waals surface area contributed by atoms with E-state index >= 15 is 0 Å². The number of anilines is 1. The third-order valence-electron chi connectivity index (χ3n) is 5.72. The summed E-state index contributed by atoms with van der Waals surface area (Å²) in [6.07, 6.45) is 2.51. The van der Waals surface area contributed by atoms with Crippen LogP contribution in [0.1, 0.15) is 29.8 Å². The predicted octanol–water partition coefficient (Wildman–Crippen LogP) is 3.59. The molecular formula is C23H23N3O3. The van der Waals surface area contributed by atoms with Gasteiger partial charge in [-0.05, 0) is 43.5 Å². The molecule has 2 aromatic carbocycles. The minimum atomic E-state index is -0.684. The zero-order valence-corrected chi connectivity index (χ0v) is 16.1. The first-order valence-electron chi connectivity index (χ1n) is 10.1. The highest BCUT2D eigenvalue weighted by molar-refractivity contribution is 6.09. The average Bonchev–Trinajstić information content (AvgIpc) is 3.22. The number of hydrogen-bond acceptors (Lipinski definition) is 3. The number of amides is 2. The van der Waals surface area contributed by atoms with Gasteiger partial charge in [0.1, 0.15) is 11.4 Å². The second-order valence-corrected chi connectivity index (χ2v) is 7.65. The molecule has 2 aliphatic heterocycles. The van der Waals surface area contributed by atoms with Crippen molar-refractivity contribution >= 4 is 28.4 Å². The van der Waals surface area contributed by atoms with E-state index in [2.05, 4.69) is 4.98 Å². The minimum Gasteiger partial charge on any atom is -0.476 e. The van der Waals surface area contributed by atoms with Crippen LogP contribution in [0.15, 0.2) is 54.6 Å². The second kappa shape index (κ2) is 7.28. The van der Waals surface area contributed by atoms with E-state index in [9.17, 15) is 9.59 Å². The van der Waals surface area contributed by atoms with E-state index < -0.39 is 6.10 Å². The zero-order chi connectivity index (χ0) is 19.8. The van der Waals surface area contributed by atoms with Crippen molar-refractivity contribution in [2.45, 2.75) is 25.4 Å². The van der Waals surface area contributed by atoms with Crippen LogP contribution in [0.3, 0.4) is 0 Å². The van der Waals surface area contributed by atoms with Gasteiger partial charge in [0.2, 0.25) is 0 Å². The lowest BCUT2D eigenvalue weighted by Crippen LogP contribution is -2.52. The van der Waals surface area contributed by atoms with Gasteiger partial charge in [-0.25, -0.2) is 0 Å². The summed E-state index contributed by atoms with van der Waals surface area (Å²) in [7, 11) is 0. The number of carbonyl (C=O) groups excluding carboxylic acids is 2. The number of piperidine rings is 1. The molecule has 6 nitrogen and oxygen atoms in total. The highest BCUT2D eigenvalue weighted by Gasteiger charge is 2.36. The maximum atomic E-state index is 13.4. The Hall–Kier alpha value is -3.28. The molecule has 6 heteroatoms. The number of rotatable bonds is 2. The molecule has 148 valence electrons. The Kier molecular flexibility index (Phi) is 4.46. The van der Waals surface area contributed by atoms with Gasteiger partial charge in [-0.3, -0.25) is 14.5 Å². The van der Waals surface area contributed by atoms with Crippen molar-refractivity contribution < 1.29 is 14.3 Å². The third-order valence-corrected chi connectivity index (χ3v) is 5.72. The van der Waals surface area contributed by atoms with Crippen LogP contribution in [0.2, 0.25) is 0 Å². The molecule has 0 aliphatic carbocycles. The van der Waals surface area contributed by atoms with E-state index in [1.54, 1.807) is 4.90 Å². The van der Waals surface area contributed by atoms with Crippen molar-refractivity contribution in [2.24, 2.45) is 0 Å². The summed E-state index contributed by atoms with van der Waals surface area (Å²) < 4.78 is 6.03. The highest BCUT2D eigenvalue weighted by atomic mass is 16.5. The van der Waals surface area contributed by atoms with Crippen molar-refractivity contribution in [2.75, 3.05) is 24.5 Å². The number of benzene rings is 2. The van der Waals surface area contributed by atoms with Crippen molar-refractivity contribution in [3.8, 4) is 5.75 Å². The Morgan fingerprint density at radius 3 is 2.55 bits per heavy atom. The molecule has 29 heavy (non-hydrogen) atoms. The summed E-state index contributed by atoms with van der Waals surface area (Å²) in [5.41, 5.74) is 2.12. The van der Waals surface area contributed by atoms with Gasteiger partial charge in [-0.1, -0.05) is 30.3 Å². The molecule has 1 fully saturated rings.